The van der Waals surface area contributed by atoms with Crippen molar-refractivity contribution in [2.24, 2.45) is 5.73 Å². The summed E-state index contributed by atoms with van der Waals surface area (Å²) >= 11 is 0. The van der Waals surface area contributed by atoms with Gasteiger partial charge >= 0.3 is 0 Å². The molecule has 9 nitrogen and oxygen atoms in total. The number of nitro benzene ring substituents is 1. The molecule has 2 aromatic carbocycles. The Morgan fingerprint density at radius 2 is 1.78 bits per heavy atom. The van der Waals surface area contributed by atoms with Crippen molar-refractivity contribution in [1.82, 2.24) is 14.7 Å². The maximum atomic E-state index is 13.0. The zero-order valence-corrected chi connectivity index (χ0v) is 19.8. The molecule has 9 heteroatoms. The summed E-state index contributed by atoms with van der Waals surface area (Å²) in [4.78, 5) is 28.4. The quantitative estimate of drug-likeness (QED) is 0.261. The average molecular weight is 485 g/mol. The third-order valence-corrected chi connectivity index (χ3v) is 6.65. The molecule has 0 spiro atoms. The van der Waals surface area contributed by atoms with E-state index in [-0.39, 0.29) is 23.7 Å². The van der Waals surface area contributed by atoms with Crippen LogP contribution in [-0.2, 0) is 6.54 Å². The van der Waals surface area contributed by atoms with Crippen LogP contribution in [0.2, 0.25) is 0 Å². The predicted octanol–water partition coefficient (Wildman–Crippen LogP) is 4.52. The number of hydrogen-bond acceptors (Lipinski definition) is 6. The fraction of sp³-hybridized carbons (Fsp3) is 0.259. The Morgan fingerprint density at radius 1 is 1.06 bits per heavy atom. The van der Waals surface area contributed by atoms with E-state index in [0.29, 0.717) is 23.4 Å². The number of anilines is 1. The van der Waals surface area contributed by atoms with Crippen LogP contribution in [0.25, 0.3) is 16.9 Å². The van der Waals surface area contributed by atoms with Crippen molar-refractivity contribution in [1.29, 1.82) is 0 Å². The number of carbonyl (C=O) groups excluding carboxylic acids is 1. The molecule has 5 rings (SSSR count). The van der Waals surface area contributed by atoms with Crippen molar-refractivity contribution < 1.29 is 9.72 Å². The van der Waals surface area contributed by atoms with Gasteiger partial charge in [-0.1, -0.05) is 30.3 Å². The van der Waals surface area contributed by atoms with Gasteiger partial charge in [-0.05, 0) is 55.5 Å². The van der Waals surface area contributed by atoms with Gasteiger partial charge in [0.2, 0.25) is 0 Å². The number of nitrogens with zero attached hydrogens (tertiary/aromatic N) is 3. The van der Waals surface area contributed by atoms with E-state index in [1.54, 1.807) is 24.3 Å². The molecule has 1 aliphatic rings. The number of hydrogen-bond donors (Lipinski definition) is 3. The summed E-state index contributed by atoms with van der Waals surface area (Å²) in [6, 6.07) is 20.2. The second-order valence-electron chi connectivity index (χ2n) is 9.18. The van der Waals surface area contributed by atoms with E-state index in [4.69, 9.17) is 10.7 Å². The summed E-state index contributed by atoms with van der Waals surface area (Å²) in [5.74, 6) is 0.618. The molecule has 36 heavy (non-hydrogen) atoms. The lowest BCUT2D eigenvalue weighted by atomic mass is 9.91. The smallest absolute Gasteiger partial charge is 0.269 e. The predicted molar refractivity (Wildman–Crippen MR) is 139 cm³/mol. The zero-order chi connectivity index (χ0) is 25.1. The summed E-state index contributed by atoms with van der Waals surface area (Å²) in [5, 5.41) is 17.7. The van der Waals surface area contributed by atoms with Crippen molar-refractivity contribution in [3.05, 3.63) is 94.2 Å². The van der Waals surface area contributed by atoms with Gasteiger partial charge in [-0.3, -0.25) is 19.3 Å². The molecule has 1 fully saturated rings. The van der Waals surface area contributed by atoms with E-state index in [0.717, 1.165) is 42.6 Å². The van der Waals surface area contributed by atoms with Gasteiger partial charge in [0.05, 0.1) is 4.92 Å². The fourth-order valence-corrected chi connectivity index (χ4v) is 4.61. The maximum absolute atomic E-state index is 13.0. The Kier molecular flexibility index (Phi) is 6.64. The van der Waals surface area contributed by atoms with Crippen LogP contribution in [0.1, 0.15) is 41.6 Å². The van der Waals surface area contributed by atoms with Crippen molar-refractivity contribution in [3.63, 3.8) is 0 Å². The lowest BCUT2D eigenvalue weighted by Crippen LogP contribution is -2.40. The molecular weight excluding hydrogens is 456 g/mol. The number of fused-ring (bicyclic) bond motifs is 1. The third-order valence-electron chi connectivity index (χ3n) is 6.65. The summed E-state index contributed by atoms with van der Waals surface area (Å²) in [6.45, 7) is 0.570. The van der Waals surface area contributed by atoms with Crippen LogP contribution in [0.4, 0.5) is 11.5 Å². The molecule has 0 bridgehead atoms. The monoisotopic (exact) mass is 484 g/mol. The van der Waals surface area contributed by atoms with Gasteiger partial charge in [-0.2, -0.15) is 0 Å². The van der Waals surface area contributed by atoms with E-state index >= 15 is 0 Å². The number of nitro groups is 1. The van der Waals surface area contributed by atoms with Crippen molar-refractivity contribution in [2.75, 3.05) is 5.32 Å². The highest BCUT2D eigenvalue weighted by Crippen LogP contribution is 2.31. The first kappa shape index (κ1) is 23.5. The SMILES string of the molecule is NC1CCC(NC(=O)c2ccn3c(NCc4ccccc4)c(-c4ccc([N+](=O)[O-])cc4)nc3c2)CC1. The molecule has 0 unspecified atom stereocenters. The molecular formula is C27H28N6O3. The second kappa shape index (κ2) is 10.2. The first-order valence-electron chi connectivity index (χ1n) is 12.1. The van der Waals surface area contributed by atoms with E-state index in [1.807, 2.05) is 40.9 Å². The summed E-state index contributed by atoms with van der Waals surface area (Å²) in [6.07, 6.45) is 5.43. The number of pyridine rings is 1. The molecule has 1 amide bonds. The maximum Gasteiger partial charge on any atom is 0.269 e. The summed E-state index contributed by atoms with van der Waals surface area (Å²) in [5.41, 5.74) is 9.64. The van der Waals surface area contributed by atoms with Gasteiger partial charge in [-0.15, -0.1) is 0 Å². The van der Waals surface area contributed by atoms with E-state index in [1.165, 1.54) is 12.1 Å². The number of rotatable bonds is 7. The van der Waals surface area contributed by atoms with Gasteiger partial charge < -0.3 is 16.4 Å². The molecule has 0 aliphatic heterocycles. The standard InChI is InChI=1S/C27H28N6O3/c28-21-8-10-22(11-9-21)30-27(34)20-14-15-32-24(16-20)31-25(19-6-12-23(13-7-19)33(35)36)26(32)29-17-18-4-2-1-3-5-18/h1-7,12-16,21-22,29H,8-11,17,28H2,(H,30,34). The van der Waals surface area contributed by atoms with E-state index in [9.17, 15) is 14.9 Å². The van der Waals surface area contributed by atoms with Crippen LogP contribution in [0, 0.1) is 10.1 Å². The van der Waals surface area contributed by atoms with Gasteiger partial charge in [0, 0.05) is 48.1 Å². The van der Waals surface area contributed by atoms with Gasteiger partial charge in [0.25, 0.3) is 11.6 Å². The summed E-state index contributed by atoms with van der Waals surface area (Å²) in [7, 11) is 0. The van der Waals surface area contributed by atoms with Gasteiger partial charge in [-0.25, -0.2) is 4.98 Å². The minimum atomic E-state index is -0.424. The zero-order valence-electron chi connectivity index (χ0n) is 19.8. The molecule has 1 saturated carbocycles. The minimum Gasteiger partial charge on any atom is -0.365 e. The Hall–Kier alpha value is -4.24. The minimum absolute atomic E-state index is 0.0175. The largest absolute Gasteiger partial charge is 0.365 e. The van der Waals surface area contributed by atoms with Gasteiger partial charge in [0.1, 0.15) is 17.2 Å². The number of nitrogens with one attached hydrogen (secondary N) is 2. The summed E-state index contributed by atoms with van der Waals surface area (Å²) < 4.78 is 1.90. The van der Waals surface area contributed by atoms with Crippen LogP contribution in [0.3, 0.4) is 0 Å². The highest BCUT2D eigenvalue weighted by atomic mass is 16.6. The molecule has 0 saturated heterocycles. The number of amides is 1. The molecule has 2 aromatic heterocycles. The number of carbonyl (C=O) groups is 1. The molecule has 0 atom stereocenters. The topological polar surface area (TPSA) is 128 Å². The first-order chi connectivity index (χ1) is 17.5. The Bertz CT molecular complexity index is 1380. The Morgan fingerprint density at radius 3 is 2.47 bits per heavy atom. The van der Waals surface area contributed by atoms with Crippen LogP contribution < -0.4 is 16.4 Å². The number of non-ortho nitro benzene ring substituents is 1. The third kappa shape index (κ3) is 5.06. The van der Waals surface area contributed by atoms with Crippen molar-refractivity contribution in [3.8, 4) is 11.3 Å². The highest BCUT2D eigenvalue weighted by molar-refractivity contribution is 5.95. The molecule has 0 radical (unpaired) electrons. The number of aromatic nitrogens is 2. The molecule has 1 aliphatic carbocycles. The highest BCUT2D eigenvalue weighted by Gasteiger charge is 2.22. The Labute approximate surface area is 208 Å². The number of benzene rings is 2. The van der Waals surface area contributed by atoms with E-state index < -0.39 is 4.92 Å². The molecule has 2 heterocycles. The number of nitrogens with two attached hydrogens (primary N) is 1. The van der Waals surface area contributed by atoms with Gasteiger partial charge in [0.15, 0.2) is 0 Å². The van der Waals surface area contributed by atoms with Crippen LogP contribution in [-0.4, -0.2) is 32.3 Å². The van der Waals surface area contributed by atoms with Crippen LogP contribution >= 0.6 is 0 Å². The fourth-order valence-electron chi connectivity index (χ4n) is 4.61. The average Bonchev–Trinajstić information content (AvgIpc) is 3.27. The first-order valence-corrected chi connectivity index (χ1v) is 12.1. The lowest BCUT2D eigenvalue weighted by Gasteiger charge is -2.26. The molecule has 184 valence electrons. The molecule has 4 aromatic rings. The van der Waals surface area contributed by atoms with Crippen LogP contribution in [0.5, 0.6) is 0 Å². The van der Waals surface area contributed by atoms with Crippen LogP contribution in [0.15, 0.2) is 72.9 Å². The van der Waals surface area contributed by atoms with Crippen molar-refractivity contribution >= 4 is 23.1 Å². The van der Waals surface area contributed by atoms with E-state index in [2.05, 4.69) is 10.6 Å². The number of imidazole rings is 1. The normalized spacial score (nSPS) is 17.6. The Balaban J connectivity index is 1.46. The van der Waals surface area contributed by atoms with Crippen molar-refractivity contribution in [2.45, 2.75) is 44.3 Å². The molecule has 4 N–H and O–H groups in total. The second-order valence-corrected chi connectivity index (χ2v) is 9.18. The lowest BCUT2D eigenvalue weighted by molar-refractivity contribution is -0.384.